The van der Waals surface area contributed by atoms with E-state index in [-0.39, 0.29) is 17.4 Å². The molecule has 1 heterocycles. The fourth-order valence-electron chi connectivity index (χ4n) is 4.26. The van der Waals surface area contributed by atoms with Crippen LogP contribution in [0.1, 0.15) is 47.1 Å². The Morgan fingerprint density at radius 1 is 1.06 bits per heavy atom. The Balaban J connectivity index is 1.72. The average Bonchev–Trinajstić information content (AvgIpc) is 3.25. The zero-order valence-electron chi connectivity index (χ0n) is 18.5. The summed E-state index contributed by atoms with van der Waals surface area (Å²) in [7, 11) is 0. The van der Waals surface area contributed by atoms with Gasteiger partial charge >= 0.3 is 6.18 Å². The molecule has 34 heavy (non-hydrogen) atoms. The number of para-hydroxylation sites is 1. The number of aromatic amines is 1. The van der Waals surface area contributed by atoms with Crippen molar-refractivity contribution in [3.8, 4) is 0 Å². The molecule has 176 valence electrons. The van der Waals surface area contributed by atoms with Crippen molar-refractivity contribution in [2.45, 2.75) is 38.4 Å². The van der Waals surface area contributed by atoms with Gasteiger partial charge in [-0.2, -0.15) is 13.2 Å². The minimum absolute atomic E-state index is 0.00489. The molecule has 4 rings (SSSR count). The first-order chi connectivity index (χ1) is 16.3. The van der Waals surface area contributed by atoms with Crippen LogP contribution in [0.15, 0.2) is 72.9 Å². The van der Waals surface area contributed by atoms with Gasteiger partial charge in [0, 0.05) is 36.0 Å². The summed E-state index contributed by atoms with van der Waals surface area (Å²) < 4.78 is 40.8. The van der Waals surface area contributed by atoms with Crippen molar-refractivity contribution in [2.75, 3.05) is 0 Å². The summed E-state index contributed by atoms with van der Waals surface area (Å²) in [6.45, 7) is 2.38. The first kappa shape index (κ1) is 23.9. The second kappa shape index (κ2) is 9.94. The predicted molar refractivity (Wildman–Crippen MR) is 129 cm³/mol. The zero-order chi connectivity index (χ0) is 24.3. The summed E-state index contributed by atoms with van der Waals surface area (Å²) in [5.41, 5.74) is 3.22. The Bertz CT molecular complexity index is 1300. The van der Waals surface area contributed by atoms with Crippen molar-refractivity contribution in [2.24, 2.45) is 0 Å². The lowest BCUT2D eigenvalue weighted by Gasteiger charge is -2.19. The van der Waals surface area contributed by atoms with Crippen LogP contribution >= 0.6 is 11.6 Å². The Morgan fingerprint density at radius 2 is 1.82 bits per heavy atom. The molecule has 1 atom stereocenters. The molecule has 0 saturated heterocycles. The van der Waals surface area contributed by atoms with Crippen molar-refractivity contribution in [3.63, 3.8) is 0 Å². The second-order valence-electron chi connectivity index (χ2n) is 8.19. The lowest BCUT2D eigenvalue weighted by molar-refractivity contribution is -0.137. The third-order valence-corrected chi connectivity index (χ3v) is 6.34. The van der Waals surface area contributed by atoms with E-state index in [2.05, 4.69) is 10.3 Å². The van der Waals surface area contributed by atoms with Crippen molar-refractivity contribution in [1.29, 1.82) is 0 Å². The Labute approximate surface area is 201 Å². The van der Waals surface area contributed by atoms with Crippen LogP contribution < -0.4 is 5.32 Å². The topological polar surface area (TPSA) is 44.9 Å². The van der Waals surface area contributed by atoms with Gasteiger partial charge in [0.25, 0.3) is 0 Å². The number of hydrogen-bond acceptors (Lipinski definition) is 1. The van der Waals surface area contributed by atoms with Crippen LogP contribution in [0.5, 0.6) is 0 Å². The number of aryl methyl sites for hydroxylation is 1. The number of hydrogen-bond donors (Lipinski definition) is 2. The van der Waals surface area contributed by atoms with Gasteiger partial charge in [0.1, 0.15) is 0 Å². The average molecular weight is 485 g/mol. The molecular formula is C27H24ClF3N2O. The van der Waals surface area contributed by atoms with Crippen molar-refractivity contribution in [3.05, 3.63) is 106 Å². The monoisotopic (exact) mass is 484 g/mol. The minimum Gasteiger partial charge on any atom is -0.361 e. The van der Waals surface area contributed by atoms with Crippen molar-refractivity contribution < 1.29 is 18.0 Å². The van der Waals surface area contributed by atoms with Crippen LogP contribution in [-0.2, 0) is 23.9 Å². The van der Waals surface area contributed by atoms with E-state index in [0.29, 0.717) is 12.1 Å². The van der Waals surface area contributed by atoms with E-state index in [4.69, 9.17) is 11.6 Å². The van der Waals surface area contributed by atoms with Gasteiger partial charge in [-0.05, 0) is 40.8 Å². The predicted octanol–water partition coefficient (Wildman–Crippen LogP) is 7.24. The van der Waals surface area contributed by atoms with Crippen LogP contribution in [0.3, 0.4) is 0 Å². The molecule has 0 aliphatic heterocycles. The standard InChI is InChI=1S/C27H24ClF3N2O/c1-2-18-9-6-10-20-22(16-33-26(18)20)21(14-25(34)32-15-17-7-4-3-5-8-17)19-11-12-24(28)23(13-19)27(29,30)31/h3-13,16,21,33H,2,14-15H2,1H3,(H,32,34)/t21-/m0/s1. The van der Waals surface area contributed by atoms with Crippen LogP contribution in [-0.4, -0.2) is 10.9 Å². The maximum absolute atomic E-state index is 13.6. The number of halogens is 4. The molecule has 0 aliphatic rings. The maximum Gasteiger partial charge on any atom is 0.417 e. The largest absolute Gasteiger partial charge is 0.417 e. The zero-order valence-corrected chi connectivity index (χ0v) is 19.3. The Kier molecular flexibility index (Phi) is 6.98. The molecule has 7 heteroatoms. The molecule has 3 aromatic carbocycles. The number of carbonyl (C=O) groups excluding carboxylic acids is 1. The van der Waals surface area contributed by atoms with E-state index in [1.165, 1.54) is 6.07 Å². The smallest absolute Gasteiger partial charge is 0.361 e. The van der Waals surface area contributed by atoms with Crippen LogP contribution in [0, 0.1) is 0 Å². The Morgan fingerprint density at radius 3 is 2.53 bits per heavy atom. The number of aromatic nitrogens is 1. The molecule has 0 spiro atoms. The van der Waals surface area contributed by atoms with E-state index in [1.54, 1.807) is 12.3 Å². The molecule has 0 fully saturated rings. The van der Waals surface area contributed by atoms with Crippen molar-refractivity contribution in [1.82, 2.24) is 10.3 Å². The van der Waals surface area contributed by atoms with Gasteiger partial charge < -0.3 is 10.3 Å². The molecule has 3 nitrogen and oxygen atoms in total. The lowest BCUT2D eigenvalue weighted by Crippen LogP contribution is -2.25. The van der Waals surface area contributed by atoms with E-state index in [1.807, 2.05) is 55.5 Å². The molecule has 0 radical (unpaired) electrons. The van der Waals surface area contributed by atoms with Crippen molar-refractivity contribution >= 4 is 28.4 Å². The lowest BCUT2D eigenvalue weighted by atomic mass is 9.86. The van der Waals surface area contributed by atoms with Gasteiger partial charge in [-0.1, -0.05) is 73.1 Å². The van der Waals surface area contributed by atoms with Gasteiger partial charge in [-0.3, -0.25) is 4.79 Å². The molecule has 0 bridgehead atoms. The van der Waals surface area contributed by atoms with Gasteiger partial charge in [-0.25, -0.2) is 0 Å². The molecule has 0 aliphatic carbocycles. The quantitative estimate of drug-likeness (QED) is 0.285. The highest BCUT2D eigenvalue weighted by Gasteiger charge is 2.34. The first-order valence-corrected chi connectivity index (χ1v) is 11.4. The number of fused-ring (bicyclic) bond motifs is 1. The van der Waals surface area contributed by atoms with Gasteiger partial charge in [0.15, 0.2) is 0 Å². The van der Waals surface area contributed by atoms with Gasteiger partial charge in [0.05, 0.1) is 10.6 Å². The highest BCUT2D eigenvalue weighted by molar-refractivity contribution is 6.31. The number of alkyl halides is 3. The number of carbonyl (C=O) groups is 1. The molecule has 2 N–H and O–H groups in total. The fourth-order valence-corrected chi connectivity index (χ4v) is 4.48. The highest BCUT2D eigenvalue weighted by Crippen LogP contribution is 2.40. The Hall–Kier alpha value is -3.25. The maximum atomic E-state index is 13.6. The van der Waals surface area contributed by atoms with Gasteiger partial charge in [0.2, 0.25) is 5.91 Å². The number of H-pyrrole nitrogens is 1. The summed E-state index contributed by atoms with van der Waals surface area (Å²) in [4.78, 5) is 16.2. The van der Waals surface area contributed by atoms with E-state index < -0.39 is 17.7 Å². The molecule has 0 unspecified atom stereocenters. The third-order valence-electron chi connectivity index (χ3n) is 6.01. The van der Waals surface area contributed by atoms with Crippen LogP contribution in [0.2, 0.25) is 5.02 Å². The first-order valence-electron chi connectivity index (χ1n) is 11.0. The third kappa shape index (κ3) is 5.12. The minimum atomic E-state index is -4.59. The summed E-state index contributed by atoms with van der Waals surface area (Å²) >= 11 is 5.86. The van der Waals surface area contributed by atoms with Crippen LogP contribution in [0.25, 0.3) is 10.9 Å². The number of amides is 1. The molecule has 0 saturated carbocycles. The second-order valence-corrected chi connectivity index (χ2v) is 8.60. The summed E-state index contributed by atoms with van der Waals surface area (Å²) in [5.74, 6) is -0.839. The SMILES string of the molecule is CCc1cccc2c([C@@H](CC(=O)NCc3ccccc3)c3ccc(Cl)c(C(F)(F)F)c3)c[nH]c12. The highest BCUT2D eigenvalue weighted by atomic mass is 35.5. The van der Waals surface area contributed by atoms with E-state index in [0.717, 1.165) is 40.1 Å². The molecular weight excluding hydrogens is 461 g/mol. The molecule has 4 aromatic rings. The van der Waals surface area contributed by atoms with E-state index in [9.17, 15) is 18.0 Å². The fraction of sp³-hybridized carbons (Fsp3) is 0.222. The van der Waals surface area contributed by atoms with Crippen LogP contribution in [0.4, 0.5) is 13.2 Å². The number of benzene rings is 3. The van der Waals surface area contributed by atoms with E-state index >= 15 is 0 Å². The summed E-state index contributed by atoms with van der Waals surface area (Å²) in [6.07, 6.45) is -2.00. The number of nitrogens with one attached hydrogen (secondary N) is 2. The molecule has 1 aromatic heterocycles. The summed E-state index contributed by atoms with van der Waals surface area (Å²) in [6, 6.07) is 19.2. The van der Waals surface area contributed by atoms with Gasteiger partial charge in [-0.15, -0.1) is 0 Å². The molecule has 1 amide bonds. The number of rotatable bonds is 7. The normalized spacial score (nSPS) is 12.6. The summed E-state index contributed by atoms with van der Waals surface area (Å²) in [5, 5.41) is 3.42.